The summed E-state index contributed by atoms with van der Waals surface area (Å²) in [7, 11) is -8.30. The van der Waals surface area contributed by atoms with Gasteiger partial charge in [0.05, 0.1) is 17.1 Å². The van der Waals surface area contributed by atoms with E-state index in [-0.39, 0.29) is 31.5 Å². The first-order chi connectivity index (χ1) is 19.4. The van der Waals surface area contributed by atoms with Crippen molar-refractivity contribution in [3.8, 4) is 11.5 Å². The molecule has 1 aliphatic rings. The second-order valence-corrected chi connectivity index (χ2v) is 13.1. The lowest BCUT2D eigenvalue weighted by atomic mass is 9.66. The molecule has 42 heavy (non-hydrogen) atoms. The Morgan fingerprint density at radius 3 is 1.55 bits per heavy atom. The first-order valence-electron chi connectivity index (χ1n) is 13.1. The molecule has 0 heterocycles. The minimum atomic E-state index is -4.15. The van der Waals surface area contributed by atoms with Crippen LogP contribution >= 0.6 is 0 Å². The van der Waals surface area contributed by atoms with Crippen LogP contribution in [-0.4, -0.2) is 100 Å². The van der Waals surface area contributed by atoms with Gasteiger partial charge in [0.15, 0.2) is 0 Å². The van der Waals surface area contributed by atoms with E-state index in [1.807, 2.05) is 0 Å². The molecule has 0 bridgehead atoms. The van der Waals surface area contributed by atoms with Gasteiger partial charge in [-0.15, -0.1) is 0 Å². The number of anilines is 2. The molecule has 0 saturated carbocycles. The molecule has 14 nitrogen and oxygen atoms in total. The van der Waals surface area contributed by atoms with Crippen LogP contribution in [0.25, 0.3) is 5.57 Å². The largest absolute Gasteiger partial charge is 0.508 e. The number of hydrogen-bond acceptors (Lipinski definition) is 12. The van der Waals surface area contributed by atoms with Gasteiger partial charge >= 0.3 is 0 Å². The lowest BCUT2D eigenvalue weighted by molar-refractivity contribution is -0.259. The number of benzene rings is 2. The van der Waals surface area contributed by atoms with Crippen LogP contribution in [0.2, 0.25) is 0 Å². The Hall–Kier alpha value is -3.12. The second kappa shape index (κ2) is 12.2. The van der Waals surface area contributed by atoms with Crippen LogP contribution < -0.4 is 9.80 Å². The molecule has 1 atom stereocenters. The molecule has 0 aliphatic heterocycles. The van der Waals surface area contributed by atoms with Gasteiger partial charge in [-0.3, -0.25) is 9.11 Å². The number of aliphatic hydroxyl groups is 4. The van der Waals surface area contributed by atoms with Gasteiger partial charge in [-0.1, -0.05) is 0 Å². The lowest BCUT2D eigenvalue weighted by Crippen LogP contribution is -2.62. The van der Waals surface area contributed by atoms with Crippen LogP contribution in [0, 0.1) is 0 Å². The maximum absolute atomic E-state index is 11.2. The lowest BCUT2D eigenvalue weighted by Gasteiger charge is -2.49. The summed E-state index contributed by atoms with van der Waals surface area (Å²) in [5, 5.41) is 65.3. The highest BCUT2D eigenvalue weighted by Gasteiger charge is 2.67. The number of phenols is 2. The topological polar surface area (TPSA) is 237 Å². The van der Waals surface area contributed by atoms with E-state index >= 15 is 0 Å². The highest BCUT2D eigenvalue weighted by atomic mass is 32.2. The Morgan fingerprint density at radius 2 is 1.17 bits per heavy atom. The maximum atomic E-state index is 11.2. The summed E-state index contributed by atoms with van der Waals surface area (Å²) >= 11 is 0. The minimum absolute atomic E-state index is 0.0886. The molecule has 0 fully saturated rings. The fourth-order valence-corrected chi connectivity index (χ4v) is 6.01. The van der Waals surface area contributed by atoms with Gasteiger partial charge in [-0.2, -0.15) is 16.8 Å². The standard InChI is InChI=1S/C26H36N2O12S2/c1-3-27(11-5-13-41(35,36)37)17-7-9-19(21(29)15-17)23-24(31)25(32,26(23,33)34)20-10-8-18(16-22(20)30)28(4-2)12-6-14-42(38,39)40/h7-10,15-16,29-34H,3-6,11-14H2,1-2H3,(H,35,36,37)(H,38,39,40). The van der Waals surface area contributed by atoms with Crippen molar-refractivity contribution in [3.05, 3.63) is 53.3 Å². The van der Waals surface area contributed by atoms with E-state index in [1.54, 1.807) is 23.6 Å². The van der Waals surface area contributed by atoms with Crippen molar-refractivity contribution in [2.45, 2.75) is 38.1 Å². The van der Waals surface area contributed by atoms with E-state index in [0.717, 1.165) is 0 Å². The Balaban J connectivity index is 1.89. The van der Waals surface area contributed by atoms with Crippen LogP contribution in [0.4, 0.5) is 11.4 Å². The molecule has 0 saturated heterocycles. The van der Waals surface area contributed by atoms with E-state index in [4.69, 9.17) is 9.11 Å². The fraction of sp³-hybridized carbons (Fsp3) is 0.462. The molecular formula is C26H36N2O12S2. The third-order valence-electron chi connectivity index (χ3n) is 7.21. The van der Waals surface area contributed by atoms with Gasteiger partial charge in [0.1, 0.15) is 17.3 Å². The fourth-order valence-electron chi connectivity index (χ4n) is 5.03. The van der Waals surface area contributed by atoms with Gasteiger partial charge in [-0.25, -0.2) is 0 Å². The molecule has 0 aromatic heterocycles. The second-order valence-electron chi connectivity index (χ2n) is 9.95. The summed E-state index contributed by atoms with van der Waals surface area (Å²) in [6.07, 6.45) is 0.193. The maximum Gasteiger partial charge on any atom is 0.264 e. The molecular weight excluding hydrogens is 596 g/mol. The molecule has 8 N–H and O–H groups in total. The van der Waals surface area contributed by atoms with Crippen LogP contribution in [0.5, 0.6) is 11.5 Å². The van der Waals surface area contributed by atoms with Crippen molar-refractivity contribution in [1.29, 1.82) is 0 Å². The number of phenolic OH excluding ortho intramolecular Hbond substituents is 2. The van der Waals surface area contributed by atoms with Crippen molar-refractivity contribution < 1.29 is 56.6 Å². The molecule has 0 radical (unpaired) electrons. The Morgan fingerprint density at radius 1 is 0.714 bits per heavy atom. The minimum Gasteiger partial charge on any atom is -0.508 e. The molecule has 16 heteroatoms. The van der Waals surface area contributed by atoms with Gasteiger partial charge in [0.2, 0.25) is 11.4 Å². The molecule has 0 amide bonds. The zero-order valence-electron chi connectivity index (χ0n) is 23.0. The number of aromatic hydroxyl groups is 2. The number of hydrogen-bond donors (Lipinski definition) is 8. The molecule has 1 aliphatic carbocycles. The predicted molar refractivity (Wildman–Crippen MR) is 155 cm³/mol. The highest BCUT2D eigenvalue weighted by molar-refractivity contribution is 7.86. The van der Waals surface area contributed by atoms with E-state index < -0.39 is 71.5 Å². The summed E-state index contributed by atoms with van der Waals surface area (Å²) in [5.41, 5.74) is -3.30. The third-order valence-corrected chi connectivity index (χ3v) is 8.82. The van der Waals surface area contributed by atoms with E-state index in [2.05, 4.69) is 0 Å². The molecule has 3 rings (SSSR count). The SMILES string of the molecule is CCN(CCCS(=O)(=O)O)c1ccc(C2=C(O)C(O)(c3ccc(N(CC)CCCS(=O)(=O)O)cc3O)C2(O)O)c(O)c1. The third kappa shape index (κ3) is 6.75. The Labute approximate surface area is 243 Å². The first kappa shape index (κ1) is 33.4. The molecule has 0 spiro atoms. The van der Waals surface area contributed by atoms with Gasteiger partial charge in [-0.05, 0) is 51.0 Å². The summed E-state index contributed by atoms with van der Waals surface area (Å²) in [4.78, 5) is 3.38. The summed E-state index contributed by atoms with van der Waals surface area (Å²) in [6, 6.07) is 7.79. The number of nitrogens with zero attached hydrogens (tertiary/aromatic N) is 2. The van der Waals surface area contributed by atoms with Gasteiger partial charge < -0.3 is 40.4 Å². The predicted octanol–water partition coefficient (Wildman–Crippen LogP) is 1.16. The Bertz CT molecular complexity index is 1560. The molecule has 1 unspecified atom stereocenters. The highest BCUT2D eigenvalue weighted by Crippen LogP contribution is 2.58. The van der Waals surface area contributed by atoms with Crippen molar-refractivity contribution >= 4 is 37.2 Å². The van der Waals surface area contributed by atoms with E-state index in [0.29, 0.717) is 24.5 Å². The van der Waals surface area contributed by atoms with Gasteiger partial charge in [0.25, 0.3) is 20.2 Å². The Kier molecular flexibility index (Phi) is 9.73. The van der Waals surface area contributed by atoms with Crippen molar-refractivity contribution in [3.63, 3.8) is 0 Å². The number of rotatable bonds is 14. The van der Waals surface area contributed by atoms with Crippen LogP contribution in [-0.2, 0) is 25.8 Å². The van der Waals surface area contributed by atoms with Gasteiger partial charge in [0, 0.05) is 60.8 Å². The zero-order chi connectivity index (χ0) is 31.7. The number of aliphatic hydroxyl groups excluding tert-OH is 1. The molecule has 2 aromatic carbocycles. The van der Waals surface area contributed by atoms with Crippen molar-refractivity contribution in [2.75, 3.05) is 47.5 Å². The molecule has 2 aromatic rings. The quantitative estimate of drug-likeness (QED) is 0.108. The van der Waals surface area contributed by atoms with E-state index in [9.17, 15) is 47.5 Å². The summed E-state index contributed by atoms with van der Waals surface area (Å²) < 4.78 is 61.9. The monoisotopic (exact) mass is 632 g/mol. The van der Waals surface area contributed by atoms with E-state index in [1.165, 1.54) is 36.4 Å². The summed E-state index contributed by atoms with van der Waals surface area (Å²) in [5.74, 6) is -6.11. The first-order valence-corrected chi connectivity index (χ1v) is 16.3. The zero-order valence-corrected chi connectivity index (χ0v) is 24.7. The van der Waals surface area contributed by atoms with Crippen LogP contribution in [0.15, 0.2) is 42.2 Å². The average Bonchev–Trinajstić information content (AvgIpc) is 2.88. The van der Waals surface area contributed by atoms with Crippen LogP contribution in [0.3, 0.4) is 0 Å². The van der Waals surface area contributed by atoms with Crippen LogP contribution in [0.1, 0.15) is 37.8 Å². The molecule has 234 valence electrons. The smallest absolute Gasteiger partial charge is 0.264 e. The van der Waals surface area contributed by atoms with Crippen molar-refractivity contribution in [2.24, 2.45) is 0 Å². The normalized spacial score (nSPS) is 18.5. The van der Waals surface area contributed by atoms with Crippen molar-refractivity contribution in [1.82, 2.24) is 0 Å². The summed E-state index contributed by atoms with van der Waals surface area (Å²) in [6.45, 7) is 4.76. The average molecular weight is 633 g/mol.